The topological polar surface area (TPSA) is 0 Å². The van der Waals surface area contributed by atoms with Crippen molar-refractivity contribution in [2.24, 2.45) is 0 Å². The molecule has 178 valence electrons. The van der Waals surface area contributed by atoms with Gasteiger partial charge in [-0.2, -0.15) is 13.2 Å². The third-order valence-electron chi connectivity index (χ3n) is 6.07. The molecule has 0 saturated carbocycles. The molecule has 33 heavy (non-hydrogen) atoms. The number of halogens is 4. The van der Waals surface area contributed by atoms with Crippen LogP contribution >= 0.6 is 27.3 Å². The van der Waals surface area contributed by atoms with E-state index in [4.69, 9.17) is 0 Å². The summed E-state index contributed by atoms with van der Waals surface area (Å²) >= 11 is 5.48. The molecule has 0 spiro atoms. The smallest absolute Gasteiger partial charge is 0.171 e. The van der Waals surface area contributed by atoms with E-state index in [1.54, 1.807) is 0 Å². The van der Waals surface area contributed by atoms with Gasteiger partial charge in [-0.3, -0.25) is 0 Å². The summed E-state index contributed by atoms with van der Waals surface area (Å²) in [6.07, 6.45) is 3.68. The van der Waals surface area contributed by atoms with E-state index in [0.29, 0.717) is 6.42 Å². The zero-order valence-corrected chi connectivity index (χ0v) is 21.6. The van der Waals surface area contributed by atoms with Gasteiger partial charge in [-0.1, -0.05) is 84.4 Å². The van der Waals surface area contributed by atoms with Crippen LogP contribution in [0.5, 0.6) is 0 Å². The van der Waals surface area contributed by atoms with Crippen molar-refractivity contribution in [3.05, 3.63) is 80.6 Å². The second-order valence-electron chi connectivity index (χ2n) is 8.75. The maximum Gasteiger partial charge on any atom is 0.389 e. The van der Waals surface area contributed by atoms with Crippen LogP contribution < -0.4 is 0 Å². The molecule has 1 heterocycles. The minimum atomic E-state index is -4.00. The van der Waals surface area contributed by atoms with Gasteiger partial charge in [0.2, 0.25) is 0 Å². The van der Waals surface area contributed by atoms with E-state index in [-0.39, 0.29) is 6.42 Å². The standard InChI is InChI=1S/C28H32BrF3S/c1-21-24(11-9-12-26(21)29)20-25-17-18-27(33-25)23-15-13-22(14-16-23)10-7-5-3-2-4-6-8-19-28(30,31)32/h9,11-18H,2-8,10,19-20H2,1H3. The van der Waals surface area contributed by atoms with E-state index >= 15 is 0 Å². The van der Waals surface area contributed by atoms with Gasteiger partial charge in [0.25, 0.3) is 0 Å². The van der Waals surface area contributed by atoms with E-state index in [0.717, 1.165) is 49.4 Å². The molecular weight excluding hydrogens is 505 g/mol. The lowest BCUT2D eigenvalue weighted by Gasteiger charge is -2.06. The normalized spacial score (nSPS) is 11.8. The molecule has 0 aliphatic carbocycles. The molecule has 0 amide bonds. The fourth-order valence-electron chi connectivity index (χ4n) is 4.03. The van der Waals surface area contributed by atoms with Crippen molar-refractivity contribution in [3.63, 3.8) is 0 Å². The lowest BCUT2D eigenvalue weighted by molar-refractivity contribution is -0.135. The molecule has 0 saturated heterocycles. The van der Waals surface area contributed by atoms with Crippen molar-refractivity contribution in [1.29, 1.82) is 0 Å². The fraction of sp³-hybridized carbons (Fsp3) is 0.429. The van der Waals surface area contributed by atoms with Crippen molar-refractivity contribution in [2.75, 3.05) is 0 Å². The molecule has 1 aromatic heterocycles. The van der Waals surface area contributed by atoms with Crippen LogP contribution in [0.4, 0.5) is 13.2 Å². The lowest BCUT2D eigenvalue weighted by Crippen LogP contribution is -2.06. The Kier molecular flexibility index (Phi) is 10.1. The second kappa shape index (κ2) is 12.8. The first-order valence-corrected chi connectivity index (χ1v) is 13.4. The number of hydrogen-bond acceptors (Lipinski definition) is 1. The first-order valence-electron chi connectivity index (χ1n) is 11.8. The third-order valence-corrected chi connectivity index (χ3v) is 8.06. The number of unbranched alkanes of at least 4 members (excludes halogenated alkanes) is 6. The number of rotatable bonds is 12. The summed E-state index contributed by atoms with van der Waals surface area (Å²) in [4.78, 5) is 2.67. The maximum atomic E-state index is 12.1. The molecular formula is C28H32BrF3S. The van der Waals surface area contributed by atoms with Crippen LogP contribution in [0.15, 0.2) is 59.1 Å². The summed E-state index contributed by atoms with van der Waals surface area (Å²) in [7, 11) is 0. The minimum absolute atomic E-state index is 0.269. The van der Waals surface area contributed by atoms with Crippen molar-refractivity contribution >= 4 is 27.3 Å². The lowest BCUT2D eigenvalue weighted by atomic mass is 10.0. The van der Waals surface area contributed by atoms with Gasteiger partial charge in [0, 0.05) is 27.1 Å². The third kappa shape index (κ3) is 8.94. The van der Waals surface area contributed by atoms with Gasteiger partial charge < -0.3 is 0 Å². The molecule has 3 aromatic rings. The van der Waals surface area contributed by atoms with Crippen molar-refractivity contribution in [1.82, 2.24) is 0 Å². The number of aryl methyl sites for hydroxylation is 1. The summed E-state index contributed by atoms with van der Waals surface area (Å²) in [5, 5.41) is 0. The van der Waals surface area contributed by atoms with E-state index in [2.05, 4.69) is 77.5 Å². The van der Waals surface area contributed by atoms with Gasteiger partial charge in [0.05, 0.1) is 0 Å². The Balaban J connectivity index is 1.38. The quantitative estimate of drug-likeness (QED) is 0.202. The molecule has 0 bridgehead atoms. The summed E-state index contributed by atoms with van der Waals surface area (Å²) < 4.78 is 37.5. The predicted octanol–water partition coefficient (Wildman–Crippen LogP) is 10.3. The predicted molar refractivity (Wildman–Crippen MR) is 138 cm³/mol. The second-order valence-corrected chi connectivity index (χ2v) is 10.8. The Labute approximate surface area is 208 Å². The summed E-state index contributed by atoms with van der Waals surface area (Å²) in [6.45, 7) is 2.16. The molecule has 0 nitrogen and oxygen atoms in total. The van der Waals surface area contributed by atoms with E-state index in [1.165, 1.54) is 32.0 Å². The van der Waals surface area contributed by atoms with Crippen molar-refractivity contribution in [3.8, 4) is 10.4 Å². The van der Waals surface area contributed by atoms with Crippen LogP contribution in [-0.2, 0) is 12.8 Å². The Morgan fingerprint density at radius 3 is 2.15 bits per heavy atom. The zero-order chi connectivity index (χ0) is 23.7. The Morgan fingerprint density at radius 1 is 0.788 bits per heavy atom. The summed E-state index contributed by atoms with van der Waals surface area (Å²) in [6, 6.07) is 19.7. The fourth-order valence-corrected chi connectivity index (χ4v) is 5.48. The minimum Gasteiger partial charge on any atom is -0.171 e. The Bertz CT molecular complexity index is 989. The first kappa shape index (κ1) is 26.0. The van der Waals surface area contributed by atoms with Crippen LogP contribution in [0.3, 0.4) is 0 Å². The van der Waals surface area contributed by atoms with Crippen molar-refractivity contribution in [2.45, 2.75) is 77.3 Å². The van der Waals surface area contributed by atoms with Gasteiger partial charge in [0.15, 0.2) is 0 Å². The van der Waals surface area contributed by atoms with Crippen LogP contribution in [0.2, 0.25) is 0 Å². The van der Waals surface area contributed by atoms with E-state index in [9.17, 15) is 13.2 Å². The highest BCUT2D eigenvalue weighted by Crippen LogP contribution is 2.31. The van der Waals surface area contributed by atoms with Gasteiger partial charge in [-0.25, -0.2) is 0 Å². The molecule has 0 radical (unpaired) electrons. The number of hydrogen-bond donors (Lipinski definition) is 0. The molecule has 0 aliphatic rings. The first-order chi connectivity index (χ1) is 15.8. The molecule has 0 fully saturated rings. The molecule has 0 aliphatic heterocycles. The summed E-state index contributed by atoms with van der Waals surface area (Å²) in [5.74, 6) is 0. The van der Waals surface area contributed by atoms with Gasteiger partial charge in [0.1, 0.15) is 0 Å². The molecule has 0 N–H and O–H groups in total. The average molecular weight is 538 g/mol. The maximum absolute atomic E-state index is 12.1. The number of benzene rings is 2. The molecule has 0 atom stereocenters. The Hall–Kier alpha value is -1.59. The van der Waals surface area contributed by atoms with E-state index < -0.39 is 12.6 Å². The van der Waals surface area contributed by atoms with Crippen LogP contribution in [0.1, 0.15) is 72.9 Å². The highest BCUT2D eigenvalue weighted by Gasteiger charge is 2.25. The summed E-state index contributed by atoms with van der Waals surface area (Å²) in [5.41, 5.74) is 5.28. The van der Waals surface area contributed by atoms with E-state index in [1.807, 2.05) is 11.3 Å². The van der Waals surface area contributed by atoms with Crippen LogP contribution in [0, 0.1) is 6.92 Å². The molecule has 0 unspecified atom stereocenters. The number of alkyl halides is 3. The highest BCUT2D eigenvalue weighted by molar-refractivity contribution is 9.10. The average Bonchev–Trinajstić information content (AvgIpc) is 3.24. The van der Waals surface area contributed by atoms with Gasteiger partial charge in [-0.05, 0) is 66.6 Å². The van der Waals surface area contributed by atoms with Gasteiger partial charge >= 0.3 is 6.18 Å². The monoisotopic (exact) mass is 536 g/mol. The Morgan fingerprint density at radius 2 is 1.45 bits per heavy atom. The number of thiophene rings is 1. The molecule has 5 heteroatoms. The van der Waals surface area contributed by atoms with Crippen molar-refractivity contribution < 1.29 is 13.2 Å². The SMILES string of the molecule is Cc1c(Br)cccc1Cc1ccc(-c2ccc(CCCCCCCCCC(F)(F)F)cc2)s1. The molecule has 2 aromatic carbocycles. The van der Waals surface area contributed by atoms with Crippen LogP contribution in [-0.4, -0.2) is 6.18 Å². The van der Waals surface area contributed by atoms with Crippen LogP contribution in [0.25, 0.3) is 10.4 Å². The zero-order valence-electron chi connectivity index (χ0n) is 19.2. The van der Waals surface area contributed by atoms with Gasteiger partial charge in [-0.15, -0.1) is 11.3 Å². The largest absolute Gasteiger partial charge is 0.389 e. The highest BCUT2D eigenvalue weighted by atomic mass is 79.9. The molecule has 3 rings (SSSR count).